The van der Waals surface area contributed by atoms with E-state index in [9.17, 15) is 4.79 Å². The van der Waals surface area contributed by atoms with Gasteiger partial charge in [-0.05, 0) is 25.7 Å². The Hall–Kier alpha value is -0.610. The Morgan fingerprint density at radius 2 is 1.95 bits per heavy atom. The molecule has 3 aliphatic rings. The van der Waals surface area contributed by atoms with E-state index in [1.165, 1.54) is 25.7 Å². The fourth-order valence-corrected chi connectivity index (χ4v) is 4.06. The van der Waals surface area contributed by atoms with Crippen molar-refractivity contribution in [2.24, 2.45) is 5.73 Å². The fourth-order valence-electron chi connectivity index (χ4n) is 4.06. The molecule has 0 spiro atoms. The van der Waals surface area contributed by atoms with Crippen molar-refractivity contribution in [3.63, 3.8) is 0 Å². The molecule has 0 bridgehead atoms. The highest BCUT2D eigenvalue weighted by molar-refractivity contribution is 5.78. The molecule has 19 heavy (non-hydrogen) atoms. The van der Waals surface area contributed by atoms with Crippen LogP contribution in [-0.2, 0) is 9.53 Å². The molecular formula is C15H26N2O2. The van der Waals surface area contributed by atoms with Crippen LogP contribution in [0, 0.1) is 0 Å². The highest BCUT2D eigenvalue weighted by atomic mass is 16.5. The lowest BCUT2D eigenvalue weighted by atomic mass is 9.88. The number of hydrogen-bond donors (Lipinski definition) is 1. The lowest BCUT2D eigenvalue weighted by Crippen LogP contribution is -2.56. The smallest absolute Gasteiger partial charge is 0.224 e. The predicted molar refractivity (Wildman–Crippen MR) is 73.7 cm³/mol. The van der Waals surface area contributed by atoms with Crippen molar-refractivity contribution in [1.82, 2.24) is 4.90 Å². The number of ether oxygens (including phenoxy) is 1. The molecule has 0 aromatic heterocycles. The molecule has 4 heteroatoms. The van der Waals surface area contributed by atoms with Gasteiger partial charge in [0.1, 0.15) is 0 Å². The molecule has 0 aromatic rings. The lowest BCUT2D eigenvalue weighted by molar-refractivity contribution is -0.150. The number of hydrogen-bond acceptors (Lipinski definition) is 3. The lowest BCUT2D eigenvalue weighted by Gasteiger charge is -2.44. The summed E-state index contributed by atoms with van der Waals surface area (Å²) in [6.07, 6.45) is 9.88. The van der Waals surface area contributed by atoms with E-state index in [1.54, 1.807) is 0 Å². The zero-order valence-electron chi connectivity index (χ0n) is 11.8. The summed E-state index contributed by atoms with van der Waals surface area (Å²) in [6, 6.07) is 0.319. The summed E-state index contributed by atoms with van der Waals surface area (Å²) in [4.78, 5) is 14.7. The topological polar surface area (TPSA) is 55.6 Å². The summed E-state index contributed by atoms with van der Waals surface area (Å²) in [5, 5.41) is 0. The second kappa shape index (κ2) is 5.41. The van der Waals surface area contributed by atoms with Gasteiger partial charge in [-0.1, -0.05) is 25.7 Å². The van der Waals surface area contributed by atoms with Crippen LogP contribution in [0.1, 0.15) is 57.8 Å². The molecule has 1 heterocycles. The molecule has 2 atom stereocenters. The zero-order valence-corrected chi connectivity index (χ0v) is 11.8. The standard InChI is InChI=1S/C15H26N2O2/c16-15(7-3-4-8-15)11-14(18)17-9-10-19-13-6-2-1-5-12(13)17/h12-13H,1-11,16H2. The summed E-state index contributed by atoms with van der Waals surface area (Å²) in [5.41, 5.74) is 6.13. The van der Waals surface area contributed by atoms with Gasteiger partial charge in [-0.3, -0.25) is 4.79 Å². The molecule has 1 aliphatic heterocycles. The minimum atomic E-state index is -0.223. The molecule has 0 aromatic carbocycles. The van der Waals surface area contributed by atoms with E-state index >= 15 is 0 Å². The molecule has 2 saturated carbocycles. The Balaban J connectivity index is 1.64. The van der Waals surface area contributed by atoms with Gasteiger partial charge in [-0.15, -0.1) is 0 Å². The van der Waals surface area contributed by atoms with Gasteiger partial charge in [0, 0.05) is 18.5 Å². The molecule has 3 fully saturated rings. The SMILES string of the molecule is NC1(CC(=O)N2CCOC3CCCCC32)CCCC1. The number of carbonyl (C=O) groups is 1. The van der Waals surface area contributed by atoms with Crippen LogP contribution >= 0.6 is 0 Å². The maximum absolute atomic E-state index is 12.6. The minimum absolute atomic E-state index is 0.223. The molecule has 2 aliphatic carbocycles. The van der Waals surface area contributed by atoms with Crippen molar-refractivity contribution >= 4 is 5.91 Å². The van der Waals surface area contributed by atoms with E-state index in [4.69, 9.17) is 10.5 Å². The molecule has 2 N–H and O–H groups in total. The third-order valence-corrected chi connectivity index (χ3v) is 5.16. The van der Waals surface area contributed by atoms with Crippen molar-refractivity contribution in [3.05, 3.63) is 0 Å². The average Bonchev–Trinajstić information content (AvgIpc) is 2.84. The van der Waals surface area contributed by atoms with Crippen LogP contribution in [0.5, 0.6) is 0 Å². The number of morpholine rings is 1. The molecule has 3 rings (SSSR count). The van der Waals surface area contributed by atoms with Crippen molar-refractivity contribution in [2.75, 3.05) is 13.2 Å². The Morgan fingerprint density at radius 3 is 2.74 bits per heavy atom. The first-order valence-electron chi connectivity index (χ1n) is 7.88. The van der Waals surface area contributed by atoms with Crippen LogP contribution in [0.2, 0.25) is 0 Å². The molecule has 0 radical (unpaired) electrons. The van der Waals surface area contributed by atoms with Gasteiger partial charge in [0.15, 0.2) is 0 Å². The van der Waals surface area contributed by atoms with Crippen molar-refractivity contribution in [3.8, 4) is 0 Å². The third kappa shape index (κ3) is 2.79. The molecule has 2 unspecified atom stereocenters. The minimum Gasteiger partial charge on any atom is -0.374 e. The van der Waals surface area contributed by atoms with Gasteiger partial charge in [0.2, 0.25) is 5.91 Å². The van der Waals surface area contributed by atoms with Crippen LogP contribution in [0.15, 0.2) is 0 Å². The maximum atomic E-state index is 12.6. The summed E-state index contributed by atoms with van der Waals surface area (Å²) in [7, 11) is 0. The number of nitrogens with zero attached hydrogens (tertiary/aromatic N) is 1. The van der Waals surface area contributed by atoms with E-state index in [2.05, 4.69) is 4.90 Å². The number of carbonyl (C=O) groups excluding carboxylic acids is 1. The van der Waals surface area contributed by atoms with Gasteiger partial charge in [0.25, 0.3) is 0 Å². The van der Waals surface area contributed by atoms with Gasteiger partial charge in [-0.25, -0.2) is 0 Å². The molecular weight excluding hydrogens is 240 g/mol. The Bertz CT molecular complexity index is 337. The van der Waals surface area contributed by atoms with E-state index in [0.717, 1.165) is 32.2 Å². The summed E-state index contributed by atoms with van der Waals surface area (Å²) >= 11 is 0. The van der Waals surface area contributed by atoms with Gasteiger partial charge >= 0.3 is 0 Å². The molecule has 1 amide bonds. The zero-order chi connectivity index (χ0) is 13.3. The van der Waals surface area contributed by atoms with Crippen LogP contribution in [0.25, 0.3) is 0 Å². The van der Waals surface area contributed by atoms with Gasteiger partial charge in [0.05, 0.1) is 18.8 Å². The van der Waals surface area contributed by atoms with Crippen LogP contribution in [0.4, 0.5) is 0 Å². The maximum Gasteiger partial charge on any atom is 0.224 e. The van der Waals surface area contributed by atoms with Crippen molar-refractivity contribution in [2.45, 2.75) is 75.5 Å². The van der Waals surface area contributed by atoms with E-state index in [1.807, 2.05) is 0 Å². The quantitative estimate of drug-likeness (QED) is 0.829. The van der Waals surface area contributed by atoms with Gasteiger partial charge in [-0.2, -0.15) is 0 Å². The largest absolute Gasteiger partial charge is 0.374 e. The number of fused-ring (bicyclic) bond motifs is 1. The molecule has 1 saturated heterocycles. The normalized spacial score (nSPS) is 34.1. The molecule has 4 nitrogen and oxygen atoms in total. The summed E-state index contributed by atoms with van der Waals surface area (Å²) < 4.78 is 5.83. The molecule has 108 valence electrons. The first-order valence-corrected chi connectivity index (χ1v) is 7.88. The summed E-state index contributed by atoms with van der Waals surface area (Å²) in [5.74, 6) is 0.268. The van der Waals surface area contributed by atoms with Gasteiger partial charge < -0.3 is 15.4 Å². The highest BCUT2D eigenvalue weighted by Gasteiger charge is 2.39. The monoisotopic (exact) mass is 266 g/mol. The Kier molecular flexibility index (Phi) is 3.81. The number of amides is 1. The number of nitrogens with two attached hydrogens (primary N) is 1. The number of rotatable bonds is 2. The Labute approximate surface area is 115 Å². The second-order valence-corrected chi connectivity index (χ2v) is 6.59. The predicted octanol–water partition coefficient (Wildman–Crippen LogP) is 1.82. The second-order valence-electron chi connectivity index (χ2n) is 6.59. The average molecular weight is 266 g/mol. The van der Waals surface area contributed by atoms with Crippen LogP contribution in [-0.4, -0.2) is 41.6 Å². The third-order valence-electron chi connectivity index (χ3n) is 5.16. The van der Waals surface area contributed by atoms with Crippen molar-refractivity contribution < 1.29 is 9.53 Å². The first-order chi connectivity index (χ1) is 9.18. The summed E-state index contributed by atoms with van der Waals surface area (Å²) in [6.45, 7) is 1.46. The fraction of sp³-hybridized carbons (Fsp3) is 0.933. The highest BCUT2D eigenvalue weighted by Crippen LogP contribution is 2.33. The first kappa shape index (κ1) is 13.4. The van der Waals surface area contributed by atoms with E-state index in [0.29, 0.717) is 19.1 Å². The van der Waals surface area contributed by atoms with Crippen molar-refractivity contribution in [1.29, 1.82) is 0 Å². The van der Waals surface area contributed by atoms with Crippen LogP contribution in [0.3, 0.4) is 0 Å². The van der Waals surface area contributed by atoms with E-state index in [-0.39, 0.29) is 17.6 Å². The van der Waals surface area contributed by atoms with Crippen LogP contribution < -0.4 is 5.73 Å². The Morgan fingerprint density at radius 1 is 1.21 bits per heavy atom. The van der Waals surface area contributed by atoms with E-state index < -0.39 is 0 Å².